The summed E-state index contributed by atoms with van der Waals surface area (Å²) in [5, 5.41) is 2.94. The van der Waals surface area contributed by atoms with Gasteiger partial charge in [-0.15, -0.1) is 0 Å². The minimum atomic E-state index is -0.590. The molecule has 4 heteroatoms. The third-order valence-electron chi connectivity index (χ3n) is 3.97. The second-order valence-corrected chi connectivity index (χ2v) is 6.47. The molecule has 1 saturated carbocycles. The summed E-state index contributed by atoms with van der Waals surface area (Å²) in [6.45, 7) is 4.16. The summed E-state index contributed by atoms with van der Waals surface area (Å²) >= 11 is 0. The number of nitrogens with two attached hydrogens (primary N) is 1. The van der Waals surface area contributed by atoms with Crippen LogP contribution in [0.3, 0.4) is 0 Å². The fraction of sp³-hybridized carbons (Fsp3) is 0.562. The van der Waals surface area contributed by atoms with Gasteiger partial charge in [0.1, 0.15) is 5.82 Å². The van der Waals surface area contributed by atoms with Gasteiger partial charge in [0.2, 0.25) is 5.91 Å². The number of benzene rings is 1. The predicted octanol–water partition coefficient (Wildman–Crippen LogP) is 2.49. The summed E-state index contributed by atoms with van der Waals surface area (Å²) < 4.78 is 13.5. The van der Waals surface area contributed by atoms with E-state index in [0.29, 0.717) is 6.54 Å². The maximum Gasteiger partial charge on any atom is 0.230 e. The third kappa shape index (κ3) is 3.18. The lowest BCUT2D eigenvalue weighted by Crippen LogP contribution is -2.50. The Balaban J connectivity index is 2.24. The van der Waals surface area contributed by atoms with Crippen LogP contribution in [0.15, 0.2) is 24.3 Å². The van der Waals surface area contributed by atoms with E-state index in [1.54, 1.807) is 6.07 Å². The quantitative estimate of drug-likeness (QED) is 0.889. The molecular formula is C16H23FN2O. The highest BCUT2D eigenvalue weighted by molar-refractivity contribution is 5.88. The molecule has 0 atom stereocenters. The standard InChI is InChI=1S/C16H23FN2O/c1-15(2,18)11-19-14(20)16(8-3-4-9-16)12-6-5-7-13(17)10-12/h5-7,10H,3-4,8-9,11,18H2,1-2H3,(H,19,20). The highest BCUT2D eigenvalue weighted by Crippen LogP contribution is 2.41. The number of hydrogen-bond acceptors (Lipinski definition) is 2. The Labute approximate surface area is 119 Å². The van der Waals surface area contributed by atoms with Crippen LogP contribution in [-0.4, -0.2) is 18.0 Å². The number of carbonyl (C=O) groups is 1. The van der Waals surface area contributed by atoms with Crippen molar-refractivity contribution in [3.05, 3.63) is 35.6 Å². The second kappa shape index (κ2) is 5.52. The van der Waals surface area contributed by atoms with Crippen molar-refractivity contribution in [2.75, 3.05) is 6.54 Å². The molecule has 0 aromatic heterocycles. The molecule has 0 radical (unpaired) electrons. The van der Waals surface area contributed by atoms with Crippen molar-refractivity contribution < 1.29 is 9.18 Å². The van der Waals surface area contributed by atoms with Crippen LogP contribution < -0.4 is 11.1 Å². The van der Waals surface area contributed by atoms with Crippen molar-refractivity contribution in [2.24, 2.45) is 5.73 Å². The van der Waals surface area contributed by atoms with Crippen LogP contribution in [0.4, 0.5) is 4.39 Å². The molecule has 0 saturated heterocycles. The highest BCUT2D eigenvalue weighted by atomic mass is 19.1. The molecule has 1 amide bonds. The molecule has 0 unspecified atom stereocenters. The average Bonchev–Trinajstić information content (AvgIpc) is 2.85. The molecule has 3 N–H and O–H groups in total. The first kappa shape index (κ1) is 15.0. The van der Waals surface area contributed by atoms with E-state index in [1.165, 1.54) is 12.1 Å². The fourth-order valence-corrected chi connectivity index (χ4v) is 2.89. The summed E-state index contributed by atoms with van der Waals surface area (Å²) in [5.74, 6) is -0.320. The molecule has 110 valence electrons. The van der Waals surface area contributed by atoms with E-state index in [9.17, 15) is 9.18 Å². The Morgan fingerprint density at radius 2 is 2.05 bits per heavy atom. The Bertz CT molecular complexity index is 487. The molecule has 0 heterocycles. The molecule has 1 aliphatic carbocycles. The Morgan fingerprint density at radius 1 is 1.40 bits per heavy atom. The third-order valence-corrected chi connectivity index (χ3v) is 3.97. The molecule has 1 fully saturated rings. The van der Waals surface area contributed by atoms with Gasteiger partial charge in [-0.1, -0.05) is 25.0 Å². The lowest BCUT2D eigenvalue weighted by molar-refractivity contribution is -0.126. The molecule has 0 bridgehead atoms. The summed E-state index contributed by atoms with van der Waals surface area (Å²) in [6.07, 6.45) is 3.53. The van der Waals surface area contributed by atoms with E-state index < -0.39 is 11.0 Å². The van der Waals surface area contributed by atoms with Crippen LogP contribution in [0.25, 0.3) is 0 Å². The van der Waals surface area contributed by atoms with Crippen molar-refractivity contribution >= 4 is 5.91 Å². The fourth-order valence-electron chi connectivity index (χ4n) is 2.89. The molecule has 1 aliphatic rings. The molecule has 2 rings (SSSR count). The van der Waals surface area contributed by atoms with E-state index in [2.05, 4.69) is 5.32 Å². The molecule has 0 aliphatic heterocycles. The minimum absolute atomic E-state index is 0.0286. The summed E-state index contributed by atoms with van der Waals surface area (Å²) in [5.41, 5.74) is 5.66. The van der Waals surface area contributed by atoms with Gasteiger partial charge in [0, 0.05) is 12.1 Å². The van der Waals surface area contributed by atoms with Gasteiger partial charge < -0.3 is 11.1 Å². The topological polar surface area (TPSA) is 55.1 Å². The smallest absolute Gasteiger partial charge is 0.230 e. The Hall–Kier alpha value is -1.42. The van der Waals surface area contributed by atoms with Crippen molar-refractivity contribution in [1.82, 2.24) is 5.32 Å². The first-order valence-corrected chi connectivity index (χ1v) is 7.17. The monoisotopic (exact) mass is 278 g/mol. The molecule has 0 spiro atoms. The largest absolute Gasteiger partial charge is 0.354 e. The molecule has 1 aromatic carbocycles. The molecular weight excluding hydrogens is 255 g/mol. The van der Waals surface area contributed by atoms with Crippen molar-refractivity contribution in [1.29, 1.82) is 0 Å². The zero-order chi connectivity index (χ0) is 14.8. The van der Waals surface area contributed by atoms with E-state index in [1.807, 2.05) is 19.9 Å². The lowest BCUT2D eigenvalue weighted by atomic mass is 9.78. The second-order valence-electron chi connectivity index (χ2n) is 6.47. The first-order valence-electron chi connectivity index (χ1n) is 7.17. The van der Waals surface area contributed by atoms with Gasteiger partial charge in [0.15, 0.2) is 0 Å². The first-order chi connectivity index (χ1) is 9.33. The minimum Gasteiger partial charge on any atom is -0.354 e. The van der Waals surface area contributed by atoms with E-state index >= 15 is 0 Å². The number of halogens is 1. The van der Waals surface area contributed by atoms with Crippen LogP contribution in [0.5, 0.6) is 0 Å². The lowest BCUT2D eigenvalue weighted by Gasteiger charge is -2.30. The number of carbonyl (C=O) groups excluding carboxylic acids is 1. The molecule has 3 nitrogen and oxygen atoms in total. The van der Waals surface area contributed by atoms with Gasteiger partial charge in [-0.3, -0.25) is 4.79 Å². The van der Waals surface area contributed by atoms with Crippen LogP contribution in [-0.2, 0) is 10.2 Å². The van der Waals surface area contributed by atoms with Gasteiger partial charge in [0.25, 0.3) is 0 Å². The van der Waals surface area contributed by atoms with Gasteiger partial charge in [-0.25, -0.2) is 4.39 Å². The average molecular weight is 278 g/mol. The summed E-state index contributed by atoms with van der Waals surface area (Å²) in [7, 11) is 0. The molecule has 1 aromatic rings. The van der Waals surface area contributed by atoms with Crippen molar-refractivity contribution in [3.63, 3.8) is 0 Å². The van der Waals surface area contributed by atoms with Gasteiger partial charge in [-0.05, 0) is 44.4 Å². The van der Waals surface area contributed by atoms with Crippen LogP contribution in [0, 0.1) is 5.82 Å². The van der Waals surface area contributed by atoms with Crippen molar-refractivity contribution in [2.45, 2.75) is 50.5 Å². The number of rotatable bonds is 4. The van der Waals surface area contributed by atoms with E-state index in [-0.39, 0.29) is 11.7 Å². The van der Waals surface area contributed by atoms with Gasteiger partial charge >= 0.3 is 0 Å². The van der Waals surface area contributed by atoms with Gasteiger partial charge in [0.05, 0.1) is 5.41 Å². The van der Waals surface area contributed by atoms with E-state index in [4.69, 9.17) is 5.73 Å². The Morgan fingerprint density at radius 3 is 2.60 bits per heavy atom. The van der Waals surface area contributed by atoms with Crippen LogP contribution in [0.2, 0.25) is 0 Å². The number of amides is 1. The zero-order valence-corrected chi connectivity index (χ0v) is 12.2. The summed E-state index contributed by atoms with van der Waals surface area (Å²) in [6, 6.07) is 6.41. The maximum absolute atomic E-state index is 13.5. The SMILES string of the molecule is CC(C)(N)CNC(=O)C1(c2cccc(F)c2)CCCC1. The van der Waals surface area contributed by atoms with Crippen LogP contribution in [0.1, 0.15) is 45.1 Å². The molecule has 20 heavy (non-hydrogen) atoms. The van der Waals surface area contributed by atoms with Crippen LogP contribution >= 0.6 is 0 Å². The number of hydrogen-bond donors (Lipinski definition) is 2. The zero-order valence-electron chi connectivity index (χ0n) is 12.2. The maximum atomic E-state index is 13.5. The predicted molar refractivity (Wildman–Crippen MR) is 77.8 cm³/mol. The summed E-state index contributed by atoms with van der Waals surface area (Å²) in [4.78, 5) is 12.6. The Kier molecular flexibility index (Phi) is 4.14. The van der Waals surface area contributed by atoms with Gasteiger partial charge in [-0.2, -0.15) is 0 Å². The normalized spacial score (nSPS) is 18.0. The highest BCUT2D eigenvalue weighted by Gasteiger charge is 2.42. The van der Waals surface area contributed by atoms with Crippen molar-refractivity contribution in [3.8, 4) is 0 Å². The number of nitrogens with one attached hydrogen (secondary N) is 1. The van der Waals surface area contributed by atoms with E-state index in [0.717, 1.165) is 31.2 Å².